The molecule has 7 nitrogen and oxygen atoms in total. The van der Waals surface area contributed by atoms with E-state index in [-0.39, 0.29) is 10.9 Å². The topological polar surface area (TPSA) is 77.1 Å². The van der Waals surface area contributed by atoms with Crippen LogP contribution < -0.4 is 19.6 Å². The molecule has 37 heavy (non-hydrogen) atoms. The summed E-state index contributed by atoms with van der Waals surface area (Å²) in [7, 11) is 3.07. The number of halogens is 2. The Bertz CT molecular complexity index is 1400. The van der Waals surface area contributed by atoms with Crippen LogP contribution in [0.4, 0.5) is 0 Å². The zero-order valence-electron chi connectivity index (χ0n) is 19.6. The van der Waals surface area contributed by atoms with E-state index in [1.165, 1.54) is 14.2 Å². The summed E-state index contributed by atoms with van der Waals surface area (Å²) < 4.78 is 17.4. The number of carbonyl (C=O) groups excluding carboxylic acids is 2. The van der Waals surface area contributed by atoms with Gasteiger partial charge in [0.2, 0.25) is 0 Å². The highest BCUT2D eigenvalue weighted by Crippen LogP contribution is 2.39. The zero-order chi connectivity index (χ0) is 26.5. The lowest BCUT2D eigenvalue weighted by atomic mass is 10.1. The molecule has 11 heteroatoms. The van der Waals surface area contributed by atoms with Gasteiger partial charge >= 0.3 is 0 Å². The van der Waals surface area contributed by atoms with Crippen LogP contribution in [0.25, 0.3) is 6.08 Å². The number of benzene rings is 3. The minimum atomic E-state index is -0.468. The first-order valence-corrected chi connectivity index (χ1v) is 13.2. The Balaban J connectivity index is 1.50. The van der Waals surface area contributed by atoms with Gasteiger partial charge in [0.25, 0.3) is 11.8 Å². The van der Waals surface area contributed by atoms with E-state index in [0.717, 1.165) is 22.3 Å². The molecule has 1 N–H and O–H groups in total. The minimum Gasteiger partial charge on any atom is -0.497 e. The number of thioether (sulfide) groups is 1. The van der Waals surface area contributed by atoms with Crippen LogP contribution in [0.1, 0.15) is 21.5 Å². The lowest BCUT2D eigenvalue weighted by Crippen LogP contribution is -2.44. The van der Waals surface area contributed by atoms with Crippen molar-refractivity contribution in [3.8, 4) is 17.2 Å². The first kappa shape index (κ1) is 27.0. The van der Waals surface area contributed by atoms with Crippen LogP contribution in [0.5, 0.6) is 17.2 Å². The van der Waals surface area contributed by atoms with Crippen LogP contribution in [-0.2, 0) is 11.4 Å². The molecule has 1 aliphatic heterocycles. The second kappa shape index (κ2) is 12.0. The average molecular weight is 620 g/mol. The molecule has 1 aliphatic rings. The number of hydrogen-bond acceptors (Lipinski definition) is 7. The molecule has 0 aromatic heterocycles. The molecule has 1 saturated heterocycles. The third kappa shape index (κ3) is 6.27. The molecule has 2 amide bonds. The molecular formula is C26H20BrClN2O5S2. The quantitative estimate of drug-likeness (QED) is 0.236. The highest BCUT2D eigenvalue weighted by molar-refractivity contribution is 9.10. The summed E-state index contributed by atoms with van der Waals surface area (Å²) in [5.41, 5.74) is 4.44. The normalized spacial score (nSPS) is 14.2. The van der Waals surface area contributed by atoms with Crippen molar-refractivity contribution in [2.75, 3.05) is 14.2 Å². The lowest BCUT2D eigenvalue weighted by Gasteiger charge is -2.16. The molecule has 0 aliphatic carbocycles. The Labute approximate surface area is 236 Å². The van der Waals surface area contributed by atoms with Crippen LogP contribution in [0.15, 0.2) is 70.0 Å². The van der Waals surface area contributed by atoms with Gasteiger partial charge < -0.3 is 14.2 Å². The van der Waals surface area contributed by atoms with E-state index >= 15 is 0 Å². The Morgan fingerprint density at radius 2 is 1.86 bits per heavy atom. The lowest BCUT2D eigenvalue weighted by molar-refractivity contribution is -0.123. The van der Waals surface area contributed by atoms with Gasteiger partial charge in [-0.2, -0.15) is 5.01 Å². The standard InChI is InChI=1S/C26H20BrClN2O5S2/c1-33-18-9-7-16(8-10-18)24(31)29-30-25(32)22(37-26(30)36)13-15-11-19(27)23(21(12-15)34-2)35-14-17-5-3-4-6-20(17)28/h3-13H,14H2,1-2H3,(H,29,31)/b22-13+. The van der Waals surface area contributed by atoms with Crippen LogP contribution in [-0.4, -0.2) is 35.4 Å². The van der Waals surface area contributed by atoms with E-state index < -0.39 is 11.8 Å². The smallest absolute Gasteiger partial charge is 0.285 e. The summed E-state index contributed by atoms with van der Waals surface area (Å²) >= 11 is 16.2. The number of carbonyl (C=O) groups is 2. The summed E-state index contributed by atoms with van der Waals surface area (Å²) in [6.45, 7) is 0.251. The Morgan fingerprint density at radius 3 is 2.54 bits per heavy atom. The van der Waals surface area contributed by atoms with E-state index in [1.54, 1.807) is 48.5 Å². The molecule has 0 saturated carbocycles. The fraction of sp³-hybridized carbons (Fsp3) is 0.115. The fourth-order valence-corrected chi connectivity index (χ4v) is 5.30. The van der Waals surface area contributed by atoms with E-state index in [1.807, 2.05) is 18.2 Å². The molecule has 0 unspecified atom stereocenters. The molecule has 0 atom stereocenters. The molecule has 0 radical (unpaired) electrons. The summed E-state index contributed by atoms with van der Waals surface area (Å²) in [5, 5.41) is 1.67. The number of amides is 2. The molecule has 3 aromatic carbocycles. The number of hydrazine groups is 1. The largest absolute Gasteiger partial charge is 0.497 e. The van der Waals surface area contributed by atoms with Crippen LogP contribution >= 0.6 is 51.5 Å². The molecule has 1 fully saturated rings. The zero-order valence-corrected chi connectivity index (χ0v) is 23.6. The van der Waals surface area contributed by atoms with Crippen molar-refractivity contribution in [1.82, 2.24) is 10.4 Å². The number of thiocarbonyl (C=S) groups is 1. The van der Waals surface area contributed by atoms with Gasteiger partial charge in [-0.15, -0.1) is 0 Å². The highest BCUT2D eigenvalue weighted by Gasteiger charge is 2.34. The van der Waals surface area contributed by atoms with Gasteiger partial charge in [-0.05, 0) is 82.3 Å². The number of methoxy groups -OCH3 is 2. The molecule has 190 valence electrons. The van der Waals surface area contributed by atoms with E-state index in [9.17, 15) is 9.59 Å². The number of hydrogen-bond donors (Lipinski definition) is 1. The molecular weight excluding hydrogens is 600 g/mol. The van der Waals surface area contributed by atoms with Crippen LogP contribution in [0.2, 0.25) is 5.02 Å². The van der Waals surface area contributed by atoms with Gasteiger partial charge in [0, 0.05) is 16.1 Å². The summed E-state index contributed by atoms with van der Waals surface area (Å²) in [6.07, 6.45) is 1.67. The third-order valence-electron chi connectivity index (χ3n) is 5.24. The van der Waals surface area contributed by atoms with Crippen molar-refractivity contribution in [3.05, 3.63) is 91.8 Å². The number of ether oxygens (including phenoxy) is 3. The number of nitrogens with one attached hydrogen (secondary N) is 1. The van der Waals surface area contributed by atoms with Gasteiger partial charge in [0.05, 0.1) is 23.6 Å². The van der Waals surface area contributed by atoms with Crippen molar-refractivity contribution < 1.29 is 23.8 Å². The summed E-state index contributed by atoms with van der Waals surface area (Å²) in [4.78, 5) is 26.0. The molecule has 0 spiro atoms. The molecule has 0 bridgehead atoms. The van der Waals surface area contributed by atoms with Crippen molar-refractivity contribution in [1.29, 1.82) is 0 Å². The maximum absolute atomic E-state index is 13.0. The Kier molecular flexibility index (Phi) is 8.75. The van der Waals surface area contributed by atoms with Crippen molar-refractivity contribution in [2.24, 2.45) is 0 Å². The van der Waals surface area contributed by atoms with Crippen molar-refractivity contribution >= 4 is 73.7 Å². The summed E-state index contributed by atoms with van der Waals surface area (Å²) in [6, 6.07) is 17.5. The first-order chi connectivity index (χ1) is 17.8. The van der Waals surface area contributed by atoms with Gasteiger partial charge in [0.15, 0.2) is 15.8 Å². The second-order valence-corrected chi connectivity index (χ2v) is 10.5. The number of rotatable bonds is 8. The van der Waals surface area contributed by atoms with Crippen molar-refractivity contribution in [3.63, 3.8) is 0 Å². The van der Waals surface area contributed by atoms with Gasteiger partial charge in [-0.1, -0.05) is 41.6 Å². The molecule has 1 heterocycles. The van der Waals surface area contributed by atoms with E-state index in [4.69, 9.17) is 38.0 Å². The predicted molar refractivity (Wildman–Crippen MR) is 152 cm³/mol. The third-order valence-corrected chi connectivity index (χ3v) is 7.50. The number of nitrogens with zero attached hydrogens (tertiary/aromatic N) is 1. The van der Waals surface area contributed by atoms with Crippen molar-refractivity contribution in [2.45, 2.75) is 6.61 Å². The van der Waals surface area contributed by atoms with Gasteiger partial charge in [-0.25, -0.2) is 0 Å². The minimum absolute atomic E-state index is 0.212. The van der Waals surface area contributed by atoms with E-state index in [0.29, 0.717) is 42.8 Å². The average Bonchev–Trinajstić information content (AvgIpc) is 3.15. The predicted octanol–water partition coefficient (Wildman–Crippen LogP) is 6.24. The van der Waals surface area contributed by atoms with Gasteiger partial charge in [-0.3, -0.25) is 15.0 Å². The SMILES string of the molecule is COc1ccc(C(=O)NN2C(=O)/C(=C\c3cc(Br)c(OCc4ccccc4Cl)c(OC)c3)SC2=S)cc1. The van der Waals surface area contributed by atoms with Crippen LogP contribution in [0, 0.1) is 0 Å². The highest BCUT2D eigenvalue weighted by atomic mass is 79.9. The second-order valence-electron chi connectivity index (χ2n) is 7.60. The first-order valence-electron chi connectivity index (χ1n) is 10.8. The molecule has 3 aromatic rings. The Morgan fingerprint density at radius 1 is 1.14 bits per heavy atom. The summed E-state index contributed by atoms with van der Waals surface area (Å²) in [5.74, 6) is 0.678. The monoisotopic (exact) mass is 618 g/mol. The van der Waals surface area contributed by atoms with E-state index in [2.05, 4.69) is 21.4 Å². The maximum atomic E-state index is 13.0. The maximum Gasteiger partial charge on any atom is 0.285 e. The Hall–Kier alpha value is -3.05. The van der Waals surface area contributed by atoms with Crippen LogP contribution in [0.3, 0.4) is 0 Å². The molecule has 4 rings (SSSR count). The van der Waals surface area contributed by atoms with Gasteiger partial charge in [0.1, 0.15) is 12.4 Å². The fourth-order valence-electron chi connectivity index (χ4n) is 3.35.